The van der Waals surface area contributed by atoms with Crippen molar-refractivity contribution in [3.63, 3.8) is 0 Å². The van der Waals surface area contributed by atoms with Gasteiger partial charge in [-0.15, -0.1) is 0 Å². The van der Waals surface area contributed by atoms with E-state index < -0.39 is 5.97 Å². The zero-order chi connectivity index (χ0) is 10.8. The Labute approximate surface area is 85.9 Å². The lowest BCUT2D eigenvalue weighted by atomic mass is 10.2. The largest absolute Gasteiger partial charge is 0.496 e. The Morgan fingerprint density at radius 3 is 3.07 bits per heavy atom. The number of ether oxygens (including phenoxy) is 1. The van der Waals surface area contributed by atoms with Crippen LogP contribution >= 0.6 is 0 Å². The smallest absolute Gasteiger partial charge is 0.325 e. The molecule has 0 saturated heterocycles. The molecule has 0 aliphatic carbocycles. The van der Waals surface area contributed by atoms with Gasteiger partial charge >= 0.3 is 5.97 Å². The van der Waals surface area contributed by atoms with Crippen molar-refractivity contribution in [3.05, 3.63) is 24.4 Å². The van der Waals surface area contributed by atoms with E-state index in [1.807, 2.05) is 18.2 Å². The number of fused-ring (bicyclic) bond motifs is 1. The van der Waals surface area contributed by atoms with Gasteiger partial charge in [0.2, 0.25) is 0 Å². The summed E-state index contributed by atoms with van der Waals surface area (Å²) in [5.74, 6) is -0.217. The minimum atomic E-state index is -0.915. The van der Waals surface area contributed by atoms with Gasteiger partial charge in [0.15, 0.2) is 0 Å². The molecule has 2 rings (SSSR count). The summed E-state index contributed by atoms with van der Waals surface area (Å²) < 4.78 is 6.53. The molecule has 15 heavy (non-hydrogen) atoms. The monoisotopic (exact) mass is 206 g/mol. The van der Waals surface area contributed by atoms with Crippen LogP contribution in [0.15, 0.2) is 24.4 Å². The number of methoxy groups -OCH3 is 1. The minimum absolute atomic E-state index is 0.141. The van der Waals surface area contributed by atoms with Gasteiger partial charge in [0.05, 0.1) is 18.0 Å². The van der Waals surface area contributed by atoms with Gasteiger partial charge in [-0.25, -0.2) is 0 Å². The van der Waals surface area contributed by atoms with Gasteiger partial charge in [0, 0.05) is 6.20 Å². The lowest BCUT2D eigenvalue weighted by Crippen LogP contribution is -2.08. The number of hydrogen-bond donors (Lipinski definition) is 1. The molecule has 0 aliphatic heterocycles. The maximum Gasteiger partial charge on any atom is 0.325 e. The highest BCUT2D eigenvalue weighted by Gasteiger charge is 2.07. The van der Waals surface area contributed by atoms with Crippen LogP contribution in [0.25, 0.3) is 10.9 Å². The number of hydrogen-bond acceptors (Lipinski definition) is 3. The van der Waals surface area contributed by atoms with Gasteiger partial charge in [-0.1, -0.05) is 6.07 Å². The highest BCUT2D eigenvalue weighted by molar-refractivity contribution is 5.85. The molecule has 78 valence electrons. The lowest BCUT2D eigenvalue weighted by molar-refractivity contribution is -0.137. The normalized spacial score (nSPS) is 10.5. The Morgan fingerprint density at radius 2 is 2.40 bits per heavy atom. The summed E-state index contributed by atoms with van der Waals surface area (Å²) >= 11 is 0. The number of carbonyl (C=O) groups is 1. The van der Waals surface area contributed by atoms with E-state index in [9.17, 15) is 4.79 Å². The fourth-order valence-electron chi connectivity index (χ4n) is 1.46. The third kappa shape index (κ3) is 1.76. The first kappa shape index (κ1) is 9.51. The van der Waals surface area contributed by atoms with E-state index in [0.29, 0.717) is 5.75 Å². The van der Waals surface area contributed by atoms with Gasteiger partial charge in [0.25, 0.3) is 0 Å². The number of rotatable bonds is 3. The lowest BCUT2D eigenvalue weighted by Gasteiger charge is -1.98. The molecular weight excluding hydrogens is 196 g/mol. The average Bonchev–Trinajstić information content (AvgIpc) is 2.58. The van der Waals surface area contributed by atoms with Crippen LogP contribution in [0.5, 0.6) is 5.75 Å². The van der Waals surface area contributed by atoms with Gasteiger partial charge < -0.3 is 9.84 Å². The molecule has 0 fully saturated rings. The summed E-state index contributed by atoms with van der Waals surface area (Å²) in [7, 11) is 1.57. The second-order valence-corrected chi connectivity index (χ2v) is 3.11. The van der Waals surface area contributed by atoms with Crippen molar-refractivity contribution in [1.29, 1.82) is 0 Å². The van der Waals surface area contributed by atoms with Gasteiger partial charge in [0.1, 0.15) is 12.3 Å². The molecule has 1 aromatic carbocycles. The number of carboxylic acids is 1. The Kier molecular flexibility index (Phi) is 2.29. The number of benzene rings is 1. The molecule has 0 unspecified atom stereocenters. The predicted molar refractivity (Wildman–Crippen MR) is 53.9 cm³/mol. The number of aromatic nitrogens is 2. The van der Waals surface area contributed by atoms with Crippen molar-refractivity contribution in [2.75, 3.05) is 7.11 Å². The molecule has 5 nitrogen and oxygen atoms in total. The molecule has 0 saturated carbocycles. The first-order chi connectivity index (χ1) is 7.20. The highest BCUT2D eigenvalue weighted by Crippen LogP contribution is 2.23. The molecule has 5 heteroatoms. The van der Waals surface area contributed by atoms with Crippen LogP contribution < -0.4 is 4.74 Å². The molecule has 0 spiro atoms. The van der Waals surface area contributed by atoms with Crippen molar-refractivity contribution < 1.29 is 14.6 Å². The Hall–Kier alpha value is -2.04. The second-order valence-electron chi connectivity index (χ2n) is 3.11. The molecule has 2 aromatic rings. The Balaban J connectivity index is 2.50. The molecule has 0 amide bonds. The molecule has 1 heterocycles. The third-order valence-electron chi connectivity index (χ3n) is 2.07. The van der Waals surface area contributed by atoms with Crippen LogP contribution in [0.2, 0.25) is 0 Å². The second kappa shape index (κ2) is 3.61. The summed E-state index contributed by atoms with van der Waals surface area (Å²) in [6.45, 7) is -0.141. The van der Waals surface area contributed by atoms with E-state index in [2.05, 4.69) is 5.10 Å². The topological polar surface area (TPSA) is 64.4 Å². The van der Waals surface area contributed by atoms with Crippen molar-refractivity contribution >= 4 is 16.9 Å². The van der Waals surface area contributed by atoms with Crippen molar-refractivity contribution in [1.82, 2.24) is 9.78 Å². The van der Waals surface area contributed by atoms with Crippen LogP contribution in [-0.2, 0) is 11.3 Å². The molecule has 1 N–H and O–H groups in total. The van der Waals surface area contributed by atoms with E-state index in [1.165, 1.54) is 4.68 Å². The summed E-state index contributed by atoms with van der Waals surface area (Å²) in [6.07, 6.45) is 1.67. The van der Waals surface area contributed by atoms with Crippen LogP contribution in [0.1, 0.15) is 0 Å². The standard InChI is InChI=1S/C10H10N2O3/c1-15-9-4-2-3-8-7(9)5-12(11-8)6-10(13)14/h2-5H,6H2,1H3,(H,13,14). The summed E-state index contributed by atoms with van der Waals surface area (Å²) in [5, 5.41) is 13.6. The van der Waals surface area contributed by atoms with Crippen molar-refractivity contribution in [3.8, 4) is 5.75 Å². The van der Waals surface area contributed by atoms with Gasteiger partial charge in [-0.05, 0) is 12.1 Å². The molecular formula is C10H10N2O3. The van der Waals surface area contributed by atoms with Crippen molar-refractivity contribution in [2.45, 2.75) is 6.54 Å². The maximum absolute atomic E-state index is 10.5. The zero-order valence-electron chi connectivity index (χ0n) is 8.17. The quantitative estimate of drug-likeness (QED) is 0.817. The fourth-order valence-corrected chi connectivity index (χ4v) is 1.46. The molecule has 0 radical (unpaired) electrons. The van der Waals surface area contributed by atoms with Crippen LogP contribution in [0.4, 0.5) is 0 Å². The van der Waals surface area contributed by atoms with E-state index in [0.717, 1.165) is 10.9 Å². The molecule has 1 aromatic heterocycles. The van der Waals surface area contributed by atoms with E-state index in [4.69, 9.17) is 9.84 Å². The maximum atomic E-state index is 10.5. The van der Waals surface area contributed by atoms with Crippen LogP contribution in [0.3, 0.4) is 0 Å². The summed E-state index contributed by atoms with van der Waals surface area (Å²) in [4.78, 5) is 10.5. The van der Waals surface area contributed by atoms with E-state index in [-0.39, 0.29) is 6.54 Å². The van der Waals surface area contributed by atoms with Gasteiger partial charge in [-0.2, -0.15) is 5.10 Å². The number of carboxylic acid groups (broad SMARTS) is 1. The minimum Gasteiger partial charge on any atom is -0.496 e. The van der Waals surface area contributed by atoms with Crippen molar-refractivity contribution in [2.24, 2.45) is 0 Å². The number of nitrogens with zero attached hydrogens (tertiary/aromatic N) is 2. The summed E-state index contributed by atoms with van der Waals surface area (Å²) in [6, 6.07) is 5.45. The SMILES string of the molecule is COc1cccc2nn(CC(=O)O)cc12. The molecule has 0 bridgehead atoms. The summed E-state index contributed by atoms with van der Waals surface area (Å²) in [5.41, 5.74) is 0.732. The molecule has 0 aliphatic rings. The molecule has 0 atom stereocenters. The average molecular weight is 206 g/mol. The zero-order valence-corrected chi connectivity index (χ0v) is 8.17. The third-order valence-corrected chi connectivity index (χ3v) is 2.07. The fraction of sp³-hybridized carbons (Fsp3) is 0.200. The highest BCUT2D eigenvalue weighted by atomic mass is 16.5. The Morgan fingerprint density at radius 1 is 1.60 bits per heavy atom. The van der Waals surface area contributed by atoms with Crippen LogP contribution in [0, 0.1) is 0 Å². The predicted octanol–water partition coefficient (Wildman–Crippen LogP) is 1.13. The Bertz CT molecular complexity index is 504. The van der Waals surface area contributed by atoms with E-state index in [1.54, 1.807) is 13.3 Å². The first-order valence-electron chi connectivity index (χ1n) is 4.42. The van der Waals surface area contributed by atoms with Crippen LogP contribution in [-0.4, -0.2) is 28.0 Å². The first-order valence-corrected chi connectivity index (χ1v) is 4.42. The van der Waals surface area contributed by atoms with E-state index >= 15 is 0 Å². The van der Waals surface area contributed by atoms with Gasteiger partial charge in [-0.3, -0.25) is 9.48 Å². The number of aliphatic carboxylic acids is 1.